The van der Waals surface area contributed by atoms with Crippen molar-refractivity contribution >= 4 is 51.6 Å². The number of halogens is 1. The molecule has 0 aliphatic rings. The number of nitrogens with zero attached hydrogens (tertiary/aromatic N) is 2. The highest BCUT2D eigenvalue weighted by Crippen LogP contribution is 2.32. The Bertz CT molecular complexity index is 1610. The molecule has 0 aliphatic carbocycles. The third-order valence-corrected chi connectivity index (χ3v) is 7.29. The zero-order valence-electron chi connectivity index (χ0n) is 23.2. The molecule has 1 aromatic heterocycles. The molecule has 0 aliphatic heterocycles. The lowest BCUT2D eigenvalue weighted by atomic mass is 9.79. The number of anilines is 1. The van der Waals surface area contributed by atoms with E-state index < -0.39 is 41.2 Å². The van der Waals surface area contributed by atoms with E-state index in [2.05, 4.69) is 10.3 Å². The molecule has 0 spiro atoms. The van der Waals surface area contributed by atoms with E-state index in [9.17, 15) is 24.3 Å². The van der Waals surface area contributed by atoms with Crippen LogP contribution in [0.2, 0.25) is 5.02 Å². The number of nitrogens with two attached hydrogens (primary N) is 1. The van der Waals surface area contributed by atoms with E-state index in [0.29, 0.717) is 16.1 Å². The predicted molar refractivity (Wildman–Crippen MR) is 161 cm³/mol. The largest absolute Gasteiger partial charge is 0.479 e. The van der Waals surface area contributed by atoms with Crippen LogP contribution in [0.3, 0.4) is 0 Å². The van der Waals surface area contributed by atoms with Crippen molar-refractivity contribution in [2.45, 2.75) is 44.3 Å². The molecule has 0 saturated heterocycles. The van der Waals surface area contributed by atoms with Gasteiger partial charge in [0.2, 0.25) is 17.4 Å². The fourth-order valence-electron chi connectivity index (χ4n) is 5.01. The predicted octanol–water partition coefficient (Wildman–Crippen LogP) is 3.95. The van der Waals surface area contributed by atoms with Crippen molar-refractivity contribution in [3.05, 3.63) is 107 Å². The number of benzene rings is 3. The summed E-state index contributed by atoms with van der Waals surface area (Å²) >= 11 is 6.05. The van der Waals surface area contributed by atoms with Crippen molar-refractivity contribution in [3.8, 4) is 0 Å². The third-order valence-electron chi connectivity index (χ3n) is 7.04. The van der Waals surface area contributed by atoms with Crippen LogP contribution in [-0.4, -0.2) is 51.3 Å². The number of carboxylic acid groups (broad SMARTS) is 1. The van der Waals surface area contributed by atoms with Crippen LogP contribution in [0.4, 0.5) is 5.69 Å². The standard InChI is InChI=1S/C32H31ClN4O5/c1-20(34)30(40)36-28(17-22-10-13-26(33)14-11-22)29(39)32(31(41)42,37(21(2)38)27-8-5-15-35-19-27)18-23-9-12-24-6-3-4-7-25(24)16-23/h3-16,19-20,28H,17-18,34H2,1-2H3,(H,36,40)(H,41,42)/t20-,28-,32+/m0/s1. The average molecular weight is 587 g/mol. The molecule has 3 atom stereocenters. The van der Waals surface area contributed by atoms with Crippen LogP contribution < -0.4 is 16.0 Å². The van der Waals surface area contributed by atoms with Gasteiger partial charge < -0.3 is 16.2 Å². The molecule has 0 bridgehead atoms. The molecule has 4 N–H and O–H groups in total. The molecule has 4 rings (SSSR count). The van der Waals surface area contributed by atoms with Gasteiger partial charge in [0.1, 0.15) is 0 Å². The summed E-state index contributed by atoms with van der Waals surface area (Å²) in [7, 11) is 0. The minimum atomic E-state index is -2.47. The molecule has 4 aromatic rings. The summed E-state index contributed by atoms with van der Waals surface area (Å²) in [6, 6.07) is 20.2. The Morgan fingerprint density at radius 2 is 1.64 bits per heavy atom. The van der Waals surface area contributed by atoms with E-state index in [0.717, 1.165) is 15.7 Å². The first-order valence-electron chi connectivity index (χ1n) is 13.3. The molecule has 9 nitrogen and oxygen atoms in total. The lowest BCUT2D eigenvalue weighted by Crippen LogP contribution is -2.68. The molecule has 2 amide bonds. The number of carbonyl (C=O) groups is 4. The fraction of sp³-hybridized carbons (Fsp3) is 0.219. The first-order chi connectivity index (χ1) is 20.0. The summed E-state index contributed by atoms with van der Waals surface area (Å²) in [5.41, 5.74) is 4.57. The van der Waals surface area contributed by atoms with E-state index in [1.54, 1.807) is 42.5 Å². The van der Waals surface area contributed by atoms with E-state index in [-0.39, 0.29) is 18.5 Å². The first kappa shape index (κ1) is 30.4. The normalized spacial score (nSPS) is 13.9. The van der Waals surface area contributed by atoms with Crippen LogP contribution in [0.1, 0.15) is 25.0 Å². The molecule has 216 valence electrons. The number of carbonyl (C=O) groups excluding carboxylic acids is 3. The van der Waals surface area contributed by atoms with Gasteiger partial charge in [-0.05, 0) is 59.5 Å². The van der Waals surface area contributed by atoms with Crippen molar-refractivity contribution in [3.63, 3.8) is 0 Å². The number of nitrogens with one attached hydrogen (secondary N) is 1. The summed E-state index contributed by atoms with van der Waals surface area (Å²) < 4.78 is 0. The number of Topliss-reactive ketones (excluding diaryl/α,β-unsaturated/α-hetero) is 1. The van der Waals surface area contributed by atoms with Crippen LogP contribution in [0, 0.1) is 0 Å². The zero-order chi connectivity index (χ0) is 30.4. The fourth-order valence-corrected chi connectivity index (χ4v) is 5.14. The number of fused-ring (bicyclic) bond motifs is 1. The van der Waals surface area contributed by atoms with E-state index in [1.807, 2.05) is 30.3 Å². The number of rotatable bonds is 11. The van der Waals surface area contributed by atoms with Gasteiger partial charge >= 0.3 is 5.97 Å². The van der Waals surface area contributed by atoms with E-state index in [4.69, 9.17) is 17.3 Å². The number of aliphatic carboxylic acids is 1. The van der Waals surface area contributed by atoms with Crippen molar-refractivity contribution in [1.82, 2.24) is 10.3 Å². The van der Waals surface area contributed by atoms with Crippen LogP contribution >= 0.6 is 11.6 Å². The topological polar surface area (TPSA) is 143 Å². The smallest absolute Gasteiger partial charge is 0.338 e. The lowest BCUT2D eigenvalue weighted by molar-refractivity contribution is -0.151. The molecule has 0 fully saturated rings. The quantitative estimate of drug-likeness (QED) is 0.226. The summed E-state index contributed by atoms with van der Waals surface area (Å²) in [5, 5.41) is 15.8. The molecule has 0 unspecified atom stereocenters. The maximum atomic E-state index is 14.7. The Labute approximate surface area is 248 Å². The first-order valence-corrected chi connectivity index (χ1v) is 13.7. The second-order valence-corrected chi connectivity index (χ2v) is 10.6. The molecule has 0 radical (unpaired) electrons. The van der Waals surface area contributed by atoms with E-state index in [1.165, 1.54) is 32.3 Å². The number of ketones is 1. The third kappa shape index (κ3) is 6.48. The lowest BCUT2D eigenvalue weighted by Gasteiger charge is -2.41. The van der Waals surface area contributed by atoms with Crippen molar-refractivity contribution in [2.24, 2.45) is 5.73 Å². The number of carboxylic acids is 1. The zero-order valence-corrected chi connectivity index (χ0v) is 23.9. The Kier molecular flexibility index (Phi) is 9.35. The van der Waals surface area contributed by atoms with Gasteiger partial charge in [0.25, 0.3) is 0 Å². The minimum absolute atomic E-state index is 0.0694. The molecule has 3 aromatic carbocycles. The van der Waals surface area contributed by atoms with Crippen molar-refractivity contribution in [1.29, 1.82) is 0 Å². The van der Waals surface area contributed by atoms with E-state index >= 15 is 0 Å². The summed E-state index contributed by atoms with van der Waals surface area (Å²) in [6.45, 7) is 2.64. The molecule has 0 saturated carbocycles. The number of hydrogen-bond donors (Lipinski definition) is 3. The van der Waals surface area contributed by atoms with Gasteiger partial charge in [0.15, 0.2) is 5.78 Å². The monoisotopic (exact) mass is 586 g/mol. The molecule has 10 heteroatoms. The van der Waals surface area contributed by atoms with Gasteiger partial charge in [0.05, 0.1) is 24.0 Å². The van der Waals surface area contributed by atoms with Crippen LogP contribution in [-0.2, 0) is 32.0 Å². The number of hydrogen-bond acceptors (Lipinski definition) is 6. The average Bonchev–Trinajstić information content (AvgIpc) is 2.97. The number of amides is 2. The minimum Gasteiger partial charge on any atom is -0.479 e. The number of pyridine rings is 1. The second-order valence-electron chi connectivity index (χ2n) is 10.1. The van der Waals surface area contributed by atoms with Crippen LogP contribution in [0.5, 0.6) is 0 Å². The van der Waals surface area contributed by atoms with Gasteiger partial charge in [-0.25, -0.2) is 4.79 Å². The highest BCUT2D eigenvalue weighted by Gasteiger charge is 2.55. The molecular weight excluding hydrogens is 556 g/mol. The van der Waals surface area contributed by atoms with Crippen LogP contribution in [0.15, 0.2) is 91.3 Å². The Hall–Kier alpha value is -4.60. The Balaban J connectivity index is 1.93. The van der Waals surface area contributed by atoms with Gasteiger partial charge in [0, 0.05) is 24.6 Å². The maximum absolute atomic E-state index is 14.7. The molecule has 42 heavy (non-hydrogen) atoms. The van der Waals surface area contributed by atoms with Crippen molar-refractivity contribution < 1.29 is 24.3 Å². The summed E-state index contributed by atoms with van der Waals surface area (Å²) in [4.78, 5) is 59.4. The molecule has 1 heterocycles. The highest BCUT2D eigenvalue weighted by atomic mass is 35.5. The second kappa shape index (κ2) is 12.9. The molecular formula is C32H31ClN4O5. The van der Waals surface area contributed by atoms with Gasteiger partial charge in [-0.1, -0.05) is 66.2 Å². The van der Waals surface area contributed by atoms with Gasteiger partial charge in [-0.15, -0.1) is 0 Å². The van der Waals surface area contributed by atoms with Gasteiger partial charge in [-0.3, -0.25) is 24.3 Å². The van der Waals surface area contributed by atoms with Gasteiger partial charge in [-0.2, -0.15) is 0 Å². The Morgan fingerprint density at radius 3 is 2.24 bits per heavy atom. The van der Waals surface area contributed by atoms with Crippen LogP contribution in [0.25, 0.3) is 10.8 Å². The van der Waals surface area contributed by atoms with Crippen molar-refractivity contribution in [2.75, 3.05) is 4.90 Å². The number of aromatic nitrogens is 1. The SMILES string of the molecule is CC(=O)N(c1cccnc1)[C@@](Cc1ccc2ccccc2c1)(C(=O)O)C(=O)[C@H](Cc1ccc(Cl)cc1)NC(=O)[C@H](C)N. The Morgan fingerprint density at radius 1 is 0.976 bits per heavy atom. The summed E-state index contributed by atoms with van der Waals surface area (Å²) in [6.07, 6.45) is 2.34. The highest BCUT2D eigenvalue weighted by molar-refractivity contribution is 6.30. The maximum Gasteiger partial charge on any atom is 0.338 e. The summed E-state index contributed by atoms with van der Waals surface area (Å²) in [5.74, 6) is -3.80.